The van der Waals surface area contributed by atoms with E-state index in [9.17, 15) is 9.90 Å². The van der Waals surface area contributed by atoms with Crippen molar-refractivity contribution in [3.8, 4) is 5.75 Å². The lowest BCUT2D eigenvalue weighted by molar-refractivity contribution is 0.0952. The molecule has 0 fully saturated rings. The molecular formula is C24H19N3O2S. The molecule has 1 amide bonds. The van der Waals surface area contributed by atoms with Crippen molar-refractivity contribution in [2.75, 3.05) is 0 Å². The lowest BCUT2D eigenvalue weighted by atomic mass is 10.2. The molecule has 0 atom stereocenters. The van der Waals surface area contributed by atoms with Crippen molar-refractivity contribution >= 4 is 34.8 Å². The molecule has 0 radical (unpaired) electrons. The van der Waals surface area contributed by atoms with E-state index in [1.54, 1.807) is 30.1 Å². The minimum atomic E-state index is -0.481. The van der Waals surface area contributed by atoms with E-state index in [-0.39, 0.29) is 11.3 Å². The molecule has 0 aliphatic rings. The molecule has 0 saturated carbocycles. The number of pyridine rings is 1. The van der Waals surface area contributed by atoms with Crippen LogP contribution in [0.1, 0.15) is 21.5 Å². The number of hydrazone groups is 1. The molecule has 4 aromatic rings. The zero-order valence-electron chi connectivity index (χ0n) is 16.2. The summed E-state index contributed by atoms with van der Waals surface area (Å²) in [6, 6.07) is 24.4. The lowest BCUT2D eigenvalue weighted by Gasteiger charge is -2.08. The minimum absolute atomic E-state index is 0.0896. The fourth-order valence-corrected chi connectivity index (χ4v) is 3.76. The van der Waals surface area contributed by atoms with Crippen molar-refractivity contribution < 1.29 is 9.90 Å². The van der Waals surface area contributed by atoms with Gasteiger partial charge in [0, 0.05) is 15.8 Å². The first-order chi connectivity index (χ1) is 14.6. The van der Waals surface area contributed by atoms with Gasteiger partial charge in [-0.05, 0) is 43.3 Å². The summed E-state index contributed by atoms with van der Waals surface area (Å²) in [5.41, 5.74) is 5.51. The third kappa shape index (κ3) is 4.50. The van der Waals surface area contributed by atoms with E-state index in [0.717, 1.165) is 26.4 Å². The van der Waals surface area contributed by atoms with Crippen LogP contribution in [0.4, 0.5) is 0 Å². The van der Waals surface area contributed by atoms with Crippen LogP contribution < -0.4 is 5.43 Å². The Labute approximate surface area is 178 Å². The van der Waals surface area contributed by atoms with Crippen molar-refractivity contribution in [3.05, 3.63) is 95.6 Å². The second kappa shape index (κ2) is 8.80. The van der Waals surface area contributed by atoms with Crippen LogP contribution in [0, 0.1) is 6.92 Å². The van der Waals surface area contributed by atoms with Gasteiger partial charge in [0.1, 0.15) is 10.8 Å². The number of para-hydroxylation sites is 2. The van der Waals surface area contributed by atoms with Crippen LogP contribution in [0.2, 0.25) is 0 Å². The summed E-state index contributed by atoms with van der Waals surface area (Å²) in [4.78, 5) is 18.1. The number of benzene rings is 3. The minimum Gasteiger partial charge on any atom is -0.507 e. The SMILES string of the molecule is Cc1ccc(Sc2nc3ccccc3cc2C=NNC(=O)c2ccccc2O)cc1. The maximum atomic E-state index is 12.3. The molecule has 30 heavy (non-hydrogen) atoms. The number of carbonyl (C=O) groups is 1. The fraction of sp³-hybridized carbons (Fsp3) is 0.0417. The predicted octanol–water partition coefficient (Wildman–Crippen LogP) is 5.16. The Hall–Kier alpha value is -3.64. The van der Waals surface area contributed by atoms with Crippen molar-refractivity contribution in [2.45, 2.75) is 16.8 Å². The zero-order valence-corrected chi connectivity index (χ0v) is 17.1. The van der Waals surface area contributed by atoms with Crippen molar-refractivity contribution in [2.24, 2.45) is 5.10 Å². The smallest absolute Gasteiger partial charge is 0.275 e. The van der Waals surface area contributed by atoms with Gasteiger partial charge in [0.05, 0.1) is 17.3 Å². The summed E-state index contributed by atoms with van der Waals surface area (Å²) >= 11 is 1.54. The summed E-state index contributed by atoms with van der Waals surface area (Å²) in [5, 5.41) is 15.7. The van der Waals surface area contributed by atoms with Gasteiger partial charge in [0.25, 0.3) is 5.91 Å². The molecule has 148 valence electrons. The van der Waals surface area contributed by atoms with Crippen LogP contribution in [-0.2, 0) is 0 Å². The largest absolute Gasteiger partial charge is 0.507 e. The van der Waals surface area contributed by atoms with Crippen LogP contribution >= 0.6 is 11.8 Å². The van der Waals surface area contributed by atoms with Crippen molar-refractivity contribution in [1.29, 1.82) is 0 Å². The van der Waals surface area contributed by atoms with E-state index in [0.29, 0.717) is 0 Å². The van der Waals surface area contributed by atoms with Crippen LogP contribution in [0.3, 0.4) is 0 Å². The number of aromatic nitrogens is 1. The van der Waals surface area contributed by atoms with Gasteiger partial charge in [-0.3, -0.25) is 4.79 Å². The van der Waals surface area contributed by atoms with Gasteiger partial charge in [0.15, 0.2) is 0 Å². The lowest BCUT2D eigenvalue weighted by Crippen LogP contribution is -2.17. The molecule has 6 heteroatoms. The van der Waals surface area contributed by atoms with E-state index >= 15 is 0 Å². The van der Waals surface area contributed by atoms with Crippen molar-refractivity contribution in [1.82, 2.24) is 10.4 Å². The van der Waals surface area contributed by atoms with Gasteiger partial charge in [0.2, 0.25) is 0 Å². The number of phenolic OH excluding ortho intramolecular Hbond substituents is 1. The molecule has 2 N–H and O–H groups in total. The average molecular weight is 414 g/mol. The number of carbonyl (C=O) groups excluding carboxylic acids is 1. The van der Waals surface area contributed by atoms with Gasteiger partial charge in [-0.15, -0.1) is 0 Å². The Kier molecular flexibility index (Phi) is 5.77. The number of nitrogens with zero attached hydrogens (tertiary/aromatic N) is 2. The normalized spacial score (nSPS) is 11.1. The first kappa shape index (κ1) is 19.7. The number of nitrogens with one attached hydrogen (secondary N) is 1. The van der Waals surface area contributed by atoms with Crippen LogP contribution in [0.5, 0.6) is 5.75 Å². The number of amides is 1. The summed E-state index contributed by atoms with van der Waals surface area (Å²) in [5.74, 6) is -0.570. The first-order valence-corrected chi connectivity index (χ1v) is 10.2. The summed E-state index contributed by atoms with van der Waals surface area (Å²) < 4.78 is 0. The Morgan fingerprint density at radius 1 is 1.03 bits per heavy atom. The number of fused-ring (bicyclic) bond motifs is 1. The van der Waals surface area contributed by atoms with Gasteiger partial charge >= 0.3 is 0 Å². The van der Waals surface area contributed by atoms with Crippen LogP contribution in [0.15, 0.2) is 93.9 Å². The number of aryl methyl sites for hydroxylation is 1. The molecule has 0 aliphatic heterocycles. The second-order valence-electron chi connectivity index (χ2n) is 6.71. The topological polar surface area (TPSA) is 74.6 Å². The number of hydrogen-bond donors (Lipinski definition) is 2. The highest BCUT2D eigenvalue weighted by Crippen LogP contribution is 2.30. The monoisotopic (exact) mass is 413 g/mol. The maximum Gasteiger partial charge on any atom is 0.275 e. The standard InChI is InChI=1S/C24H19N3O2S/c1-16-10-12-19(13-11-16)30-24-18(14-17-6-2-4-8-21(17)26-24)15-25-27-23(29)20-7-3-5-9-22(20)28/h2-15,28H,1H3,(H,27,29). The molecule has 5 nitrogen and oxygen atoms in total. The number of phenols is 1. The third-order valence-corrected chi connectivity index (χ3v) is 5.50. The van der Waals surface area contributed by atoms with E-state index in [2.05, 4.69) is 34.8 Å². The predicted molar refractivity (Wildman–Crippen MR) is 120 cm³/mol. The summed E-state index contributed by atoms with van der Waals surface area (Å²) in [6.45, 7) is 2.05. The quantitative estimate of drug-likeness (QED) is 0.350. The summed E-state index contributed by atoms with van der Waals surface area (Å²) in [6.07, 6.45) is 1.58. The Morgan fingerprint density at radius 3 is 2.57 bits per heavy atom. The molecule has 0 aliphatic carbocycles. The second-order valence-corrected chi connectivity index (χ2v) is 7.77. The van der Waals surface area contributed by atoms with E-state index in [4.69, 9.17) is 4.98 Å². The van der Waals surface area contributed by atoms with E-state index in [1.165, 1.54) is 17.7 Å². The number of rotatable bonds is 5. The highest BCUT2D eigenvalue weighted by Gasteiger charge is 2.10. The third-order valence-electron chi connectivity index (χ3n) is 4.47. The number of aromatic hydroxyl groups is 1. The molecule has 1 heterocycles. The molecule has 0 bridgehead atoms. The zero-order chi connectivity index (χ0) is 20.9. The Morgan fingerprint density at radius 2 is 1.77 bits per heavy atom. The molecule has 3 aromatic carbocycles. The number of hydrogen-bond acceptors (Lipinski definition) is 5. The molecule has 1 aromatic heterocycles. The highest BCUT2D eigenvalue weighted by molar-refractivity contribution is 7.99. The average Bonchev–Trinajstić information content (AvgIpc) is 2.76. The molecule has 4 rings (SSSR count). The maximum absolute atomic E-state index is 12.3. The van der Waals surface area contributed by atoms with Gasteiger partial charge in [-0.2, -0.15) is 5.10 Å². The summed E-state index contributed by atoms with van der Waals surface area (Å²) in [7, 11) is 0. The first-order valence-electron chi connectivity index (χ1n) is 9.36. The van der Waals surface area contributed by atoms with E-state index < -0.39 is 5.91 Å². The van der Waals surface area contributed by atoms with Gasteiger partial charge < -0.3 is 5.11 Å². The molecule has 0 unspecified atom stereocenters. The van der Waals surface area contributed by atoms with Crippen LogP contribution in [-0.4, -0.2) is 22.2 Å². The van der Waals surface area contributed by atoms with Crippen LogP contribution in [0.25, 0.3) is 10.9 Å². The molecular weight excluding hydrogens is 394 g/mol. The van der Waals surface area contributed by atoms with E-state index in [1.807, 2.05) is 37.3 Å². The van der Waals surface area contributed by atoms with Gasteiger partial charge in [-0.1, -0.05) is 59.8 Å². The molecule has 0 spiro atoms. The Bertz CT molecular complexity index is 1240. The Balaban J connectivity index is 1.62. The van der Waals surface area contributed by atoms with Crippen molar-refractivity contribution in [3.63, 3.8) is 0 Å². The van der Waals surface area contributed by atoms with Gasteiger partial charge in [-0.25, -0.2) is 10.4 Å². The fourth-order valence-electron chi connectivity index (χ4n) is 2.89. The highest BCUT2D eigenvalue weighted by atomic mass is 32.2. The molecule has 0 saturated heterocycles.